The third-order valence-electron chi connectivity index (χ3n) is 4.13. The average Bonchev–Trinajstić information content (AvgIpc) is 3.04. The number of pyridine rings is 1. The monoisotopic (exact) mass is 424 g/mol. The molecule has 0 spiro atoms. The summed E-state index contributed by atoms with van der Waals surface area (Å²) in [5.41, 5.74) is -2.60. The molecule has 0 aliphatic heterocycles. The molecule has 0 aromatic carbocycles. The summed E-state index contributed by atoms with van der Waals surface area (Å²) in [6.45, 7) is 2.44. The second-order valence-corrected chi connectivity index (χ2v) is 7.09. The molecule has 1 heterocycles. The van der Waals surface area contributed by atoms with Gasteiger partial charge in [0.05, 0.1) is 11.1 Å². The lowest BCUT2D eigenvalue weighted by Gasteiger charge is -2.24. The van der Waals surface area contributed by atoms with Crippen LogP contribution in [0.1, 0.15) is 45.1 Å². The van der Waals surface area contributed by atoms with Gasteiger partial charge in [0.25, 0.3) is 5.91 Å². The molecule has 1 aromatic heterocycles. The second-order valence-electron chi connectivity index (χ2n) is 6.68. The van der Waals surface area contributed by atoms with Gasteiger partial charge in [0.1, 0.15) is 12.2 Å². The van der Waals surface area contributed by atoms with E-state index in [1.165, 1.54) is 13.8 Å². The van der Waals surface area contributed by atoms with E-state index in [9.17, 15) is 27.9 Å². The molecular weight excluding hydrogens is 405 g/mol. The van der Waals surface area contributed by atoms with E-state index in [0.717, 1.165) is 0 Å². The van der Waals surface area contributed by atoms with Crippen LogP contribution in [-0.4, -0.2) is 40.3 Å². The highest BCUT2D eigenvalue weighted by Crippen LogP contribution is 2.39. The highest BCUT2D eigenvalue weighted by molar-refractivity contribution is 6.33. The van der Waals surface area contributed by atoms with Crippen LogP contribution in [-0.2, 0) is 20.5 Å². The summed E-state index contributed by atoms with van der Waals surface area (Å²) in [7, 11) is 0. The SMILES string of the molecule is CC(C)Oc1nc(NC(=O)COC2(C(=O)O)CCCC2)c(Cl)cc1C(F)(F)F. The van der Waals surface area contributed by atoms with Gasteiger partial charge in [-0.05, 0) is 45.6 Å². The fourth-order valence-corrected chi connectivity index (χ4v) is 3.01. The van der Waals surface area contributed by atoms with Crippen molar-refractivity contribution in [3.63, 3.8) is 0 Å². The number of carboxylic acid groups (broad SMARTS) is 1. The van der Waals surface area contributed by atoms with Crippen LogP contribution in [0.4, 0.5) is 19.0 Å². The lowest BCUT2D eigenvalue weighted by molar-refractivity contribution is -0.166. The minimum Gasteiger partial charge on any atom is -0.479 e. The van der Waals surface area contributed by atoms with E-state index in [1.54, 1.807) is 0 Å². The van der Waals surface area contributed by atoms with Gasteiger partial charge < -0.3 is 19.9 Å². The number of nitrogens with one attached hydrogen (secondary N) is 1. The maximum absolute atomic E-state index is 13.1. The summed E-state index contributed by atoms with van der Waals surface area (Å²) in [6.07, 6.45) is -3.46. The number of nitrogens with zero attached hydrogens (tertiary/aromatic N) is 1. The van der Waals surface area contributed by atoms with Crippen LogP contribution in [0.25, 0.3) is 0 Å². The number of anilines is 1. The Kier molecular flexibility index (Phi) is 6.76. The topological polar surface area (TPSA) is 97.8 Å². The zero-order chi connectivity index (χ0) is 21.1. The molecule has 2 rings (SSSR count). The van der Waals surface area contributed by atoms with Crippen molar-refractivity contribution in [3.05, 3.63) is 16.7 Å². The van der Waals surface area contributed by atoms with E-state index in [-0.39, 0.29) is 18.7 Å². The van der Waals surface area contributed by atoms with Gasteiger partial charge in [0.15, 0.2) is 11.4 Å². The Bertz CT molecular complexity index is 749. The summed E-state index contributed by atoms with van der Waals surface area (Å²) in [5.74, 6) is -3.01. The quantitative estimate of drug-likeness (QED) is 0.689. The van der Waals surface area contributed by atoms with Gasteiger partial charge in [0.2, 0.25) is 5.88 Å². The van der Waals surface area contributed by atoms with Crippen molar-refractivity contribution in [2.45, 2.75) is 57.4 Å². The highest BCUT2D eigenvalue weighted by Gasteiger charge is 2.43. The second kappa shape index (κ2) is 8.52. The number of carbonyl (C=O) groups excluding carboxylic acids is 1. The molecule has 1 aliphatic carbocycles. The number of carboxylic acids is 1. The van der Waals surface area contributed by atoms with Gasteiger partial charge >= 0.3 is 12.1 Å². The number of hydrogen-bond acceptors (Lipinski definition) is 5. The van der Waals surface area contributed by atoms with Crippen LogP contribution < -0.4 is 10.1 Å². The average molecular weight is 425 g/mol. The number of aliphatic carboxylic acids is 1. The summed E-state index contributed by atoms with van der Waals surface area (Å²) >= 11 is 5.83. The molecular formula is C17H20ClF3N2O5. The predicted molar refractivity (Wildman–Crippen MR) is 93.4 cm³/mol. The fraction of sp³-hybridized carbons (Fsp3) is 0.588. The van der Waals surface area contributed by atoms with E-state index in [2.05, 4.69) is 10.3 Å². The summed E-state index contributed by atoms with van der Waals surface area (Å²) in [6, 6.07) is 0.610. The molecule has 0 atom stereocenters. The molecule has 1 aliphatic rings. The first-order valence-corrected chi connectivity index (χ1v) is 8.94. The van der Waals surface area contributed by atoms with Crippen LogP contribution in [0.3, 0.4) is 0 Å². The Balaban J connectivity index is 2.16. The lowest BCUT2D eigenvalue weighted by Crippen LogP contribution is -2.40. The van der Waals surface area contributed by atoms with E-state index >= 15 is 0 Å². The van der Waals surface area contributed by atoms with E-state index in [4.69, 9.17) is 21.1 Å². The normalized spacial score (nSPS) is 16.2. The van der Waals surface area contributed by atoms with Crippen LogP contribution >= 0.6 is 11.6 Å². The first kappa shape index (κ1) is 22.2. The Morgan fingerprint density at radius 3 is 2.46 bits per heavy atom. The van der Waals surface area contributed by atoms with E-state index in [0.29, 0.717) is 18.9 Å². The summed E-state index contributed by atoms with van der Waals surface area (Å²) in [5, 5.41) is 11.1. The Morgan fingerprint density at radius 2 is 1.96 bits per heavy atom. The van der Waals surface area contributed by atoms with Gasteiger partial charge in [0, 0.05) is 0 Å². The Hall–Kier alpha value is -2.07. The molecule has 0 radical (unpaired) electrons. The van der Waals surface area contributed by atoms with Gasteiger partial charge in [-0.25, -0.2) is 4.79 Å². The summed E-state index contributed by atoms with van der Waals surface area (Å²) in [4.78, 5) is 27.2. The van der Waals surface area contributed by atoms with Crippen molar-refractivity contribution in [2.24, 2.45) is 0 Å². The highest BCUT2D eigenvalue weighted by atomic mass is 35.5. The first-order valence-electron chi connectivity index (χ1n) is 8.56. The summed E-state index contributed by atoms with van der Waals surface area (Å²) < 4.78 is 49.8. The zero-order valence-corrected chi connectivity index (χ0v) is 16.0. The first-order chi connectivity index (χ1) is 12.9. The van der Waals surface area contributed by atoms with Gasteiger partial charge in [-0.1, -0.05) is 11.6 Å². The number of hydrogen-bond donors (Lipinski definition) is 2. The van der Waals surface area contributed by atoms with Crippen molar-refractivity contribution in [2.75, 3.05) is 11.9 Å². The van der Waals surface area contributed by atoms with Crippen LogP contribution in [0.15, 0.2) is 6.07 Å². The molecule has 1 saturated carbocycles. The molecule has 0 saturated heterocycles. The molecule has 1 amide bonds. The molecule has 156 valence electrons. The molecule has 1 aromatic rings. The molecule has 11 heteroatoms. The zero-order valence-electron chi connectivity index (χ0n) is 15.2. The number of aromatic nitrogens is 1. The number of halogens is 4. The minimum atomic E-state index is -4.75. The smallest absolute Gasteiger partial charge is 0.421 e. The number of alkyl halides is 3. The van der Waals surface area contributed by atoms with Gasteiger partial charge in [-0.2, -0.15) is 18.2 Å². The maximum Gasteiger partial charge on any atom is 0.421 e. The van der Waals surface area contributed by atoms with Crippen LogP contribution in [0.2, 0.25) is 5.02 Å². The molecule has 0 unspecified atom stereocenters. The molecule has 7 nitrogen and oxygen atoms in total. The number of rotatable bonds is 7. The minimum absolute atomic E-state index is 0.279. The third-order valence-corrected chi connectivity index (χ3v) is 4.42. The van der Waals surface area contributed by atoms with Gasteiger partial charge in [-0.15, -0.1) is 0 Å². The maximum atomic E-state index is 13.1. The van der Waals surface area contributed by atoms with Crippen LogP contribution in [0.5, 0.6) is 5.88 Å². The van der Waals surface area contributed by atoms with E-state index < -0.39 is 52.8 Å². The molecule has 0 bridgehead atoms. The van der Waals surface area contributed by atoms with Crippen molar-refractivity contribution < 1.29 is 37.3 Å². The molecule has 28 heavy (non-hydrogen) atoms. The van der Waals surface area contributed by atoms with Gasteiger partial charge in [-0.3, -0.25) is 4.79 Å². The van der Waals surface area contributed by atoms with Crippen molar-refractivity contribution >= 4 is 29.3 Å². The Morgan fingerprint density at radius 1 is 1.36 bits per heavy atom. The molecule has 1 fully saturated rings. The number of amides is 1. The lowest BCUT2D eigenvalue weighted by atomic mass is 10.0. The van der Waals surface area contributed by atoms with Crippen molar-refractivity contribution in [3.8, 4) is 5.88 Å². The third kappa shape index (κ3) is 5.26. The van der Waals surface area contributed by atoms with Crippen molar-refractivity contribution in [1.29, 1.82) is 0 Å². The molecule has 2 N–H and O–H groups in total. The fourth-order valence-electron chi connectivity index (χ4n) is 2.81. The Labute approximate surface area is 164 Å². The predicted octanol–water partition coefficient (Wildman–Crippen LogP) is 3.89. The van der Waals surface area contributed by atoms with Crippen LogP contribution in [0, 0.1) is 0 Å². The number of carbonyl (C=O) groups is 2. The largest absolute Gasteiger partial charge is 0.479 e. The number of ether oxygens (including phenoxy) is 2. The standard InChI is InChI=1S/C17H20ClF3N2O5/c1-9(2)28-14-10(17(19,20)21)7-11(18)13(23-14)22-12(24)8-27-16(15(25)26)5-3-4-6-16/h7,9H,3-6,8H2,1-2H3,(H,25,26)(H,22,23,24). The van der Waals surface area contributed by atoms with Crippen molar-refractivity contribution in [1.82, 2.24) is 4.98 Å². The van der Waals surface area contributed by atoms with E-state index in [1.807, 2.05) is 0 Å².